The molecule has 0 saturated carbocycles. The van der Waals surface area contributed by atoms with E-state index in [1.54, 1.807) is 0 Å². The predicted octanol–water partition coefficient (Wildman–Crippen LogP) is 8.19. The van der Waals surface area contributed by atoms with Crippen LogP contribution in [0.3, 0.4) is 0 Å². The van der Waals surface area contributed by atoms with E-state index in [9.17, 15) is 10.2 Å². The van der Waals surface area contributed by atoms with E-state index in [1.807, 2.05) is 0 Å². The number of aliphatic hydroxyl groups excluding tert-OH is 2. The molecule has 0 saturated heterocycles. The van der Waals surface area contributed by atoms with Gasteiger partial charge in [-0.3, -0.25) is 0 Å². The Morgan fingerprint density at radius 1 is 0.417 bits per heavy atom. The summed E-state index contributed by atoms with van der Waals surface area (Å²) in [6.07, 6.45) is 27.8. The highest BCUT2D eigenvalue weighted by Gasteiger charge is 2.09. The third-order valence-electron chi connectivity index (χ3n) is 7.66. The Balaban J connectivity index is 3.49. The fraction of sp³-hybridized carbons (Fsp3) is 1.00. The lowest BCUT2D eigenvalue weighted by Gasteiger charge is -2.21. The third-order valence-corrected chi connectivity index (χ3v) is 7.66. The van der Waals surface area contributed by atoms with Gasteiger partial charge in [-0.25, -0.2) is 0 Å². The van der Waals surface area contributed by atoms with E-state index in [1.165, 1.54) is 128 Å². The maximum Gasteiger partial charge on any atom is 0.0667 e. The zero-order chi connectivity index (χ0) is 26.7. The lowest BCUT2D eigenvalue weighted by atomic mass is 10.1. The number of unbranched alkanes of at least 4 members (excludes halogenated alkanes) is 17. The van der Waals surface area contributed by atoms with Crippen LogP contribution in [0.25, 0.3) is 0 Å². The van der Waals surface area contributed by atoms with Crippen molar-refractivity contribution in [3.63, 3.8) is 0 Å². The summed E-state index contributed by atoms with van der Waals surface area (Å²) in [4.78, 5) is 4.62. The summed E-state index contributed by atoms with van der Waals surface area (Å²) in [7, 11) is 4.30. The minimum absolute atomic E-state index is 0.166. The first-order valence-electron chi connectivity index (χ1n) is 16.2. The molecule has 0 radical (unpaired) electrons. The summed E-state index contributed by atoms with van der Waals surface area (Å²) in [5.41, 5.74) is 0. The average Bonchev–Trinajstić information content (AvgIpc) is 2.84. The molecule has 0 fully saturated rings. The van der Waals surface area contributed by atoms with Crippen molar-refractivity contribution < 1.29 is 10.2 Å². The largest absolute Gasteiger partial charge is 0.392 e. The van der Waals surface area contributed by atoms with Gasteiger partial charge in [-0.2, -0.15) is 0 Å². The van der Waals surface area contributed by atoms with Crippen LogP contribution < -0.4 is 0 Å². The van der Waals surface area contributed by atoms with Crippen LogP contribution in [0.1, 0.15) is 155 Å². The van der Waals surface area contributed by atoms with Gasteiger partial charge in [-0.05, 0) is 52.9 Å². The predicted molar refractivity (Wildman–Crippen MR) is 160 cm³/mol. The van der Waals surface area contributed by atoms with E-state index in [0.717, 1.165) is 39.0 Å². The molecule has 4 nitrogen and oxygen atoms in total. The topological polar surface area (TPSA) is 46.9 Å². The van der Waals surface area contributed by atoms with Crippen molar-refractivity contribution in [3.8, 4) is 0 Å². The van der Waals surface area contributed by atoms with Gasteiger partial charge in [0.15, 0.2) is 0 Å². The first-order valence-corrected chi connectivity index (χ1v) is 16.2. The Kier molecular flexibility index (Phi) is 27.7. The summed E-state index contributed by atoms with van der Waals surface area (Å²) in [5, 5.41) is 20.6. The minimum atomic E-state index is -0.166. The highest BCUT2D eigenvalue weighted by Crippen LogP contribution is 2.13. The second-order valence-electron chi connectivity index (χ2n) is 11.8. The monoisotopic (exact) mass is 513 g/mol. The normalized spacial score (nSPS) is 13.7. The molecule has 0 aromatic heterocycles. The second-order valence-corrected chi connectivity index (χ2v) is 11.8. The molecule has 0 heterocycles. The summed E-state index contributed by atoms with van der Waals surface area (Å²) >= 11 is 0. The number of likely N-dealkylation sites (N-methyl/N-ethyl adjacent to an activating group) is 2. The molecule has 0 aliphatic heterocycles. The molecular formula is C32H68N2O2. The van der Waals surface area contributed by atoms with Crippen molar-refractivity contribution in [1.29, 1.82) is 0 Å². The van der Waals surface area contributed by atoms with Gasteiger partial charge in [0.1, 0.15) is 0 Å². The van der Waals surface area contributed by atoms with E-state index < -0.39 is 0 Å². The zero-order valence-corrected chi connectivity index (χ0v) is 25.3. The van der Waals surface area contributed by atoms with Gasteiger partial charge >= 0.3 is 0 Å². The van der Waals surface area contributed by atoms with Gasteiger partial charge in [0, 0.05) is 13.1 Å². The van der Waals surface area contributed by atoms with Crippen molar-refractivity contribution in [2.24, 2.45) is 0 Å². The lowest BCUT2D eigenvalue weighted by Crippen LogP contribution is -2.30. The number of hydrogen-bond acceptors (Lipinski definition) is 4. The summed E-state index contributed by atoms with van der Waals surface area (Å²) in [6, 6.07) is 0. The molecule has 0 spiro atoms. The number of hydrogen-bond donors (Lipinski definition) is 2. The van der Waals surface area contributed by atoms with Crippen LogP contribution in [0, 0.1) is 0 Å². The standard InChI is InChI=1S/C32H68N2O2/c1-5-7-9-11-13-15-17-21-25-31(35)29-33(3)27-23-19-20-24-28-34(4)30-32(36)26-22-18-16-14-12-10-8-6-2/h31-32,35-36H,5-30H2,1-4H3. The third kappa shape index (κ3) is 26.9. The molecule has 218 valence electrons. The van der Waals surface area contributed by atoms with Crippen LogP contribution in [0.4, 0.5) is 0 Å². The van der Waals surface area contributed by atoms with E-state index in [-0.39, 0.29) is 12.2 Å². The fourth-order valence-corrected chi connectivity index (χ4v) is 5.23. The van der Waals surface area contributed by atoms with E-state index >= 15 is 0 Å². The Bertz CT molecular complexity index is 383. The molecule has 2 N–H and O–H groups in total. The number of aliphatic hydroxyl groups is 2. The molecule has 0 aromatic carbocycles. The Hall–Kier alpha value is -0.160. The van der Waals surface area contributed by atoms with Crippen molar-refractivity contribution in [1.82, 2.24) is 9.80 Å². The summed E-state index contributed by atoms with van der Waals surface area (Å²) < 4.78 is 0. The first-order chi connectivity index (χ1) is 17.5. The molecule has 0 amide bonds. The fourth-order valence-electron chi connectivity index (χ4n) is 5.23. The highest BCUT2D eigenvalue weighted by molar-refractivity contribution is 4.64. The molecular weight excluding hydrogens is 444 g/mol. The highest BCUT2D eigenvalue weighted by atomic mass is 16.3. The Morgan fingerprint density at radius 2 is 0.694 bits per heavy atom. The SMILES string of the molecule is CCCCCCCCCCC(O)CN(C)CCCCCCN(C)CC(O)CCCCCCCCCC. The molecule has 0 bridgehead atoms. The van der Waals surface area contributed by atoms with Crippen LogP contribution in [0.15, 0.2) is 0 Å². The molecule has 2 unspecified atom stereocenters. The van der Waals surface area contributed by atoms with Gasteiger partial charge in [-0.15, -0.1) is 0 Å². The van der Waals surface area contributed by atoms with E-state index in [0.29, 0.717) is 0 Å². The van der Waals surface area contributed by atoms with Gasteiger partial charge in [0.05, 0.1) is 12.2 Å². The molecule has 36 heavy (non-hydrogen) atoms. The van der Waals surface area contributed by atoms with E-state index in [2.05, 4.69) is 37.7 Å². The molecule has 0 rings (SSSR count). The molecule has 4 heteroatoms. The molecule has 0 aliphatic carbocycles. The van der Waals surface area contributed by atoms with Gasteiger partial charge in [0.25, 0.3) is 0 Å². The van der Waals surface area contributed by atoms with Crippen LogP contribution in [-0.2, 0) is 0 Å². The van der Waals surface area contributed by atoms with Gasteiger partial charge in [0.2, 0.25) is 0 Å². The van der Waals surface area contributed by atoms with Crippen LogP contribution in [0.2, 0.25) is 0 Å². The zero-order valence-electron chi connectivity index (χ0n) is 25.3. The maximum atomic E-state index is 10.3. The first kappa shape index (κ1) is 35.8. The van der Waals surface area contributed by atoms with Crippen LogP contribution in [0.5, 0.6) is 0 Å². The van der Waals surface area contributed by atoms with Crippen molar-refractivity contribution in [3.05, 3.63) is 0 Å². The molecule has 0 aromatic rings. The van der Waals surface area contributed by atoms with Gasteiger partial charge in [-0.1, -0.05) is 129 Å². The van der Waals surface area contributed by atoms with E-state index in [4.69, 9.17) is 0 Å². The van der Waals surface area contributed by atoms with Crippen molar-refractivity contribution in [2.75, 3.05) is 40.3 Å². The quantitative estimate of drug-likeness (QED) is 0.0992. The van der Waals surface area contributed by atoms with Crippen LogP contribution >= 0.6 is 0 Å². The summed E-state index contributed by atoms with van der Waals surface area (Å²) in [5.74, 6) is 0. The average molecular weight is 513 g/mol. The molecule has 0 aliphatic rings. The molecule has 2 atom stereocenters. The minimum Gasteiger partial charge on any atom is -0.392 e. The summed E-state index contributed by atoms with van der Waals surface area (Å²) in [6.45, 7) is 8.34. The number of nitrogens with zero attached hydrogens (tertiary/aromatic N) is 2. The van der Waals surface area contributed by atoms with Crippen LogP contribution in [-0.4, -0.2) is 72.5 Å². The van der Waals surface area contributed by atoms with Crippen molar-refractivity contribution >= 4 is 0 Å². The van der Waals surface area contributed by atoms with Crippen molar-refractivity contribution in [2.45, 2.75) is 167 Å². The number of rotatable bonds is 29. The smallest absolute Gasteiger partial charge is 0.0667 e. The Labute approximate surface area is 227 Å². The van der Waals surface area contributed by atoms with Gasteiger partial charge < -0.3 is 20.0 Å². The lowest BCUT2D eigenvalue weighted by molar-refractivity contribution is 0.112. The Morgan fingerprint density at radius 3 is 1.03 bits per heavy atom. The maximum absolute atomic E-state index is 10.3. The second kappa shape index (κ2) is 27.9.